The first-order valence-corrected chi connectivity index (χ1v) is 7.52. The lowest BCUT2D eigenvalue weighted by Crippen LogP contribution is -2.50. The topological polar surface area (TPSA) is 58.6 Å². The number of aryl methyl sites for hydroxylation is 1. The maximum atomic E-state index is 13.6. The van der Waals surface area contributed by atoms with Gasteiger partial charge < -0.3 is 15.0 Å². The number of benzene rings is 1. The zero-order valence-corrected chi connectivity index (χ0v) is 12.5. The van der Waals surface area contributed by atoms with E-state index in [0.29, 0.717) is 13.1 Å². The molecule has 118 valence electrons. The van der Waals surface area contributed by atoms with Gasteiger partial charge in [0, 0.05) is 13.1 Å². The quantitative estimate of drug-likeness (QED) is 0.914. The molecule has 6 heteroatoms. The van der Waals surface area contributed by atoms with Gasteiger partial charge in [-0.05, 0) is 37.5 Å². The van der Waals surface area contributed by atoms with Gasteiger partial charge in [-0.15, -0.1) is 0 Å². The Morgan fingerprint density at radius 3 is 3.14 bits per heavy atom. The van der Waals surface area contributed by atoms with Crippen molar-refractivity contribution in [2.24, 2.45) is 5.92 Å². The van der Waals surface area contributed by atoms with Crippen LogP contribution in [0.4, 0.5) is 4.39 Å². The number of nitrogens with zero attached hydrogens (tertiary/aromatic N) is 1. The van der Waals surface area contributed by atoms with Gasteiger partial charge in [-0.3, -0.25) is 9.59 Å². The van der Waals surface area contributed by atoms with Gasteiger partial charge in [-0.2, -0.15) is 0 Å². The molecule has 0 spiro atoms. The Labute approximate surface area is 128 Å². The van der Waals surface area contributed by atoms with E-state index in [-0.39, 0.29) is 36.1 Å². The highest BCUT2D eigenvalue weighted by Gasteiger charge is 2.42. The Kier molecular flexibility index (Phi) is 4.00. The van der Waals surface area contributed by atoms with E-state index in [0.717, 1.165) is 18.4 Å². The van der Waals surface area contributed by atoms with Crippen molar-refractivity contribution in [3.63, 3.8) is 0 Å². The number of carbonyl (C=O) groups excluding carboxylic acids is 2. The molecule has 0 radical (unpaired) electrons. The van der Waals surface area contributed by atoms with E-state index in [1.54, 1.807) is 17.0 Å². The van der Waals surface area contributed by atoms with Crippen LogP contribution in [0.5, 0.6) is 5.75 Å². The van der Waals surface area contributed by atoms with Crippen molar-refractivity contribution in [1.29, 1.82) is 0 Å². The van der Waals surface area contributed by atoms with Crippen LogP contribution in [0.15, 0.2) is 18.2 Å². The summed E-state index contributed by atoms with van der Waals surface area (Å²) in [5, 5.41) is 2.80. The van der Waals surface area contributed by atoms with Gasteiger partial charge in [0.05, 0.1) is 12.0 Å². The number of amides is 2. The lowest BCUT2D eigenvalue weighted by Gasteiger charge is -2.35. The fourth-order valence-corrected chi connectivity index (χ4v) is 3.20. The average Bonchev–Trinajstić information content (AvgIpc) is 2.89. The van der Waals surface area contributed by atoms with Crippen LogP contribution >= 0.6 is 0 Å². The first kappa shape index (κ1) is 14.8. The maximum Gasteiger partial charge on any atom is 0.260 e. The molecule has 2 amide bonds. The second-order valence-corrected chi connectivity index (χ2v) is 5.87. The Bertz CT molecular complexity index is 605. The number of likely N-dealkylation sites (tertiary alicyclic amines) is 1. The Hall–Kier alpha value is -2.11. The summed E-state index contributed by atoms with van der Waals surface area (Å²) in [5.74, 6) is -0.691. The molecular formula is C16H19FN2O3. The highest BCUT2D eigenvalue weighted by atomic mass is 19.1. The van der Waals surface area contributed by atoms with Gasteiger partial charge in [-0.25, -0.2) is 4.39 Å². The van der Waals surface area contributed by atoms with Crippen LogP contribution in [0.1, 0.15) is 18.4 Å². The smallest absolute Gasteiger partial charge is 0.260 e. The minimum Gasteiger partial charge on any atom is -0.481 e. The summed E-state index contributed by atoms with van der Waals surface area (Å²) in [6.07, 6.45) is 1.62. The molecule has 2 fully saturated rings. The summed E-state index contributed by atoms with van der Waals surface area (Å²) in [5.41, 5.74) is 0.868. The van der Waals surface area contributed by atoms with Crippen molar-refractivity contribution in [3.8, 4) is 5.75 Å². The first-order valence-electron chi connectivity index (χ1n) is 7.52. The molecule has 1 N–H and O–H groups in total. The largest absolute Gasteiger partial charge is 0.481 e. The number of carbonyl (C=O) groups is 2. The fraction of sp³-hybridized carbons (Fsp3) is 0.500. The van der Waals surface area contributed by atoms with Gasteiger partial charge in [0.1, 0.15) is 0 Å². The second-order valence-electron chi connectivity index (χ2n) is 5.87. The zero-order valence-electron chi connectivity index (χ0n) is 12.5. The van der Waals surface area contributed by atoms with Crippen molar-refractivity contribution in [2.75, 3.05) is 19.7 Å². The van der Waals surface area contributed by atoms with E-state index in [1.807, 2.05) is 6.92 Å². The summed E-state index contributed by atoms with van der Waals surface area (Å²) in [6.45, 7) is 2.74. The lowest BCUT2D eigenvalue weighted by molar-refractivity contribution is -0.138. The van der Waals surface area contributed by atoms with Crippen molar-refractivity contribution in [3.05, 3.63) is 29.6 Å². The zero-order chi connectivity index (χ0) is 15.7. The molecule has 2 atom stereocenters. The van der Waals surface area contributed by atoms with Gasteiger partial charge in [0.15, 0.2) is 18.2 Å². The molecule has 0 bridgehead atoms. The van der Waals surface area contributed by atoms with Crippen LogP contribution < -0.4 is 10.1 Å². The number of nitrogens with one attached hydrogen (secondary N) is 1. The number of rotatable bonds is 3. The number of ether oxygens (including phenoxy) is 1. The summed E-state index contributed by atoms with van der Waals surface area (Å²) < 4.78 is 19.0. The molecule has 3 rings (SSSR count). The second kappa shape index (κ2) is 5.94. The monoisotopic (exact) mass is 306 g/mol. The molecule has 0 saturated carbocycles. The van der Waals surface area contributed by atoms with Gasteiger partial charge in [0.25, 0.3) is 5.91 Å². The van der Waals surface area contributed by atoms with Crippen LogP contribution in [-0.2, 0) is 9.59 Å². The van der Waals surface area contributed by atoms with Crippen molar-refractivity contribution in [1.82, 2.24) is 10.2 Å². The number of piperidine rings is 1. The Balaban J connectivity index is 1.64. The predicted octanol–water partition coefficient (Wildman–Crippen LogP) is 1.25. The van der Waals surface area contributed by atoms with E-state index >= 15 is 0 Å². The summed E-state index contributed by atoms with van der Waals surface area (Å²) in [7, 11) is 0. The van der Waals surface area contributed by atoms with Crippen LogP contribution in [0.3, 0.4) is 0 Å². The third-order valence-corrected chi connectivity index (χ3v) is 4.36. The minimum atomic E-state index is -0.479. The summed E-state index contributed by atoms with van der Waals surface area (Å²) in [4.78, 5) is 25.8. The third kappa shape index (κ3) is 2.77. The Morgan fingerprint density at radius 1 is 1.50 bits per heavy atom. The normalized spacial score (nSPS) is 23.9. The molecule has 0 unspecified atom stereocenters. The molecule has 5 nitrogen and oxygen atoms in total. The SMILES string of the molecule is Cc1ccc(F)c(OCC(=O)N2CCC[C@H]3C(=O)NC[C@H]32)c1. The average molecular weight is 306 g/mol. The molecule has 1 aromatic rings. The number of halogens is 1. The number of hydrogen-bond donors (Lipinski definition) is 1. The van der Waals surface area contributed by atoms with E-state index < -0.39 is 5.82 Å². The summed E-state index contributed by atoms with van der Waals surface area (Å²) >= 11 is 0. The summed E-state index contributed by atoms with van der Waals surface area (Å²) in [6, 6.07) is 4.45. The fourth-order valence-electron chi connectivity index (χ4n) is 3.20. The Morgan fingerprint density at radius 2 is 2.32 bits per heavy atom. The van der Waals surface area contributed by atoms with Crippen molar-refractivity contribution < 1.29 is 18.7 Å². The molecule has 22 heavy (non-hydrogen) atoms. The minimum absolute atomic E-state index is 0.0214. The molecule has 0 aromatic heterocycles. The molecule has 2 aliphatic heterocycles. The van der Waals surface area contributed by atoms with E-state index in [9.17, 15) is 14.0 Å². The van der Waals surface area contributed by atoms with E-state index in [4.69, 9.17) is 4.74 Å². The lowest BCUT2D eigenvalue weighted by atomic mass is 9.91. The molecule has 2 heterocycles. The highest BCUT2D eigenvalue weighted by Crippen LogP contribution is 2.27. The van der Waals surface area contributed by atoms with Gasteiger partial charge in [-0.1, -0.05) is 6.07 Å². The van der Waals surface area contributed by atoms with Gasteiger partial charge in [0.2, 0.25) is 5.91 Å². The molecular weight excluding hydrogens is 287 g/mol. The number of hydrogen-bond acceptors (Lipinski definition) is 3. The van der Waals surface area contributed by atoms with Crippen LogP contribution in [-0.4, -0.2) is 42.5 Å². The van der Waals surface area contributed by atoms with Crippen molar-refractivity contribution in [2.45, 2.75) is 25.8 Å². The molecule has 1 aromatic carbocycles. The van der Waals surface area contributed by atoms with Crippen molar-refractivity contribution >= 4 is 11.8 Å². The standard InChI is InChI=1S/C16H19FN2O3/c1-10-4-5-12(17)14(7-10)22-9-15(20)19-6-2-3-11-13(19)8-18-16(11)21/h4-5,7,11,13H,2-3,6,8-9H2,1H3,(H,18,21)/t11-,13-/m1/s1. The maximum absolute atomic E-state index is 13.6. The van der Waals surface area contributed by atoms with Crippen LogP contribution in [0.25, 0.3) is 0 Å². The molecule has 0 aliphatic carbocycles. The van der Waals surface area contributed by atoms with Crippen LogP contribution in [0, 0.1) is 18.7 Å². The van der Waals surface area contributed by atoms with E-state index in [2.05, 4.69) is 5.32 Å². The van der Waals surface area contributed by atoms with Gasteiger partial charge >= 0.3 is 0 Å². The molecule has 2 saturated heterocycles. The highest BCUT2D eigenvalue weighted by molar-refractivity contribution is 5.85. The van der Waals surface area contributed by atoms with E-state index in [1.165, 1.54) is 6.07 Å². The van der Waals surface area contributed by atoms with Crippen LogP contribution in [0.2, 0.25) is 0 Å². The molecule has 2 aliphatic rings. The third-order valence-electron chi connectivity index (χ3n) is 4.36. The predicted molar refractivity (Wildman–Crippen MR) is 77.9 cm³/mol. The number of fused-ring (bicyclic) bond motifs is 1. The first-order chi connectivity index (χ1) is 10.6.